The first-order valence-electron chi connectivity index (χ1n) is 11.6. The second-order valence-electron chi connectivity index (χ2n) is 8.26. The predicted octanol–water partition coefficient (Wildman–Crippen LogP) is 3.08. The maximum absolute atomic E-state index is 11.9. The number of benzene rings is 1. The van der Waals surface area contributed by atoms with Gasteiger partial charge < -0.3 is 30.3 Å². The molecule has 0 saturated carbocycles. The Hall–Kier alpha value is -1.75. The zero-order valence-electron chi connectivity index (χ0n) is 19.3. The van der Waals surface area contributed by atoms with Gasteiger partial charge in [0.1, 0.15) is 6.54 Å². The monoisotopic (exact) mass is 559 g/mol. The van der Waals surface area contributed by atoms with Gasteiger partial charge in [-0.2, -0.15) is 0 Å². The molecular weight excluding hydrogens is 521 g/mol. The molecule has 1 saturated heterocycles. The number of nitrogens with zero attached hydrogens (tertiary/aromatic N) is 2. The number of piperidine rings is 1. The van der Waals surface area contributed by atoms with Crippen LogP contribution in [0.15, 0.2) is 23.2 Å². The zero-order valence-corrected chi connectivity index (χ0v) is 21.7. The van der Waals surface area contributed by atoms with Crippen molar-refractivity contribution in [3.63, 3.8) is 0 Å². The molecule has 1 aromatic carbocycles. The molecule has 0 aromatic heterocycles. The number of guanidine groups is 1. The first kappa shape index (κ1) is 26.5. The molecule has 2 aliphatic rings. The average molecular weight is 559 g/mol. The number of anilines is 1. The third-order valence-corrected chi connectivity index (χ3v) is 5.58. The first-order chi connectivity index (χ1) is 15.1. The van der Waals surface area contributed by atoms with E-state index in [9.17, 15) is 4.79 Å². The van der Waals surface area contributed by atoms with Crippen molar-refractivity contribution in [3.8, 4) is 11.5 Å². The van der Waals surface area contributed by atoms with Crippen molar-refractivity contribution in [2.45, 2.75) is 39.5 Å². The van der Waals surface area contributed by atoms with E-state index >= 15 is 0 Å². The van der Waals surface area contributed by atoms with Crippen LogP contribution in [0.25, 0.3) is 0 Å². The number of carbonyl (C=O) groups is 1. The maximum atomic E-state index is 11.9. The molecule has 1 fully saturated rings. The van der Waals surface area contributed by atoms with Crippen molar-refractivity contribution in [1.29, 1.82) is 0 Å². The van der Waals surface area contributed by atoms with Crippen molar-refractivity contribution in [3.05, 3.63) is 18.2 Å². The molecule has 32 heavy (non-hydrogen) atoms. The average Bonchev–Trinajstić information content (AvgIpc) is 3.01. The highest BCUT2D eigenvalue weighted by atomic mass is 127. The van der Waals surface area contributed by atoms with E-state index in [0.29, 0.717) is 25.7 Å². The number of ether oxygens (including phenoxy) is 2. The minimum atomic E-state index is -0.0929. The van der Waals surface area contributed by atoms with Gasteiger partial charge in [-0.1, -0.05) is 6.92 Å². The van der Waals surface area contributed by atoms with Crippen LogP contribution >= 0.6 is 24.0 Å². The summed E-state index contributed by atoms with van der Waals surface area (Å²) in [6.07, 6.45) is 4.47. The lowest BCUT2D eigenvalue weighted by atomic mass is 9.99. The van der Waals surface area contributed by atoms with Crippen molar-refractivity contribution in [2.24, 2.45) is 10.9 Å². The standard InChI is InChI=1S/C23H37N5O3.HI/c1-3-24-22(29)17-26-23(25-10-4-11-28-12-8-18(2)9-13-28)27-19-6-7-20-21(16-19)31-15-5-14-30-20;/h6-7,16,18H,3-5,8-15,17H2,1-2H3,(H,24,29)(H2,25,26,27);1H. The van der Waals surface area contributed by atoms with Gasteiger partial charge in [-0.3, -0.25) is 4.79 Å². The van der Waals surface area contributed by atoms with E-state index in [4.69, 9.17) is 9.47 Å². The molecule has 0 bridgehead atoms. The summed E-state index contributed by atoms with van der Waals surface area (Å²) in [5, 5.41) is 9.45. The number of rotatable bonds is 8. The van der Waals surface area contributed by atoms with Crippen LogP contribution in [0.2, 0.25) is 0 Å². The summed E-state index contributed by atoms with van der Waals surface area (Å²) in [6, 6.07) is 5.76. The van der Waals surface area contributed by atoms with Crippen LogP contribution in [-0.4, -0.2) is 69.2 Å². The largest absolute Gasteiger partial charge is 0.490 e. The highest BCUT2D eigenvalue weighted by Gasteiger charge is 2.15. The number of hydrogen-bond donors (Lipinski definition) is 3. The molecule has 0 radical (unpaired) electrons. The number of halogens is 1. The van der Waals surface area contributed by atoms with E-state index in [1.807, 2.05) is 25.1 Å². The molecule has 9 heteroatoms. The Labute approximate surface area is 208 Å². The first-order valence-corrected chi connectivity index (χ1v) is 11.6. The van der Waals surface area contributed by atoms with Gasteiger partial charge in [0.2, 0.25) is 5.91 Å². The number of likely N-dealkylation sites (tertiary alicyclic amines) is 1. The van der Waals surface area contributed by atoms with Crippen LogP contribution in [0.5, 0.6) is 11.5 Å². The van der Waals surface area contributed by atoms with E-state index in [0.717, 1.165) is 49.0 Å². The second kappa shape index (κ2) is 14.4. The molecule has 8 nitrogen and oxygen atoms in total. The lowest BCUT2D eigenvalue weighted by molar-refractivity contribution is -0.119. The molecule has 0 aliphatic carbocycles. The minimum absolute atomic E-state index is 0. The van der Waals surface area contributed by atoms with Crippen LogP contribution < -0.4 is 25.4 Å². The van der Waals surface area contributed by atoms with Gasteiger partial charge in [-0.25, -0.2) is 4.99 Å². The second-order valence-corrected chi connectivity index (χ2v) is 8.26. The Morgan fingerprint density at radius 2 is 1.91 bits per heavy atom. The van der Waals surface area contributed by atoms with Crippen LogP contribution in [0, 0.1) is 5.92 Å². The lowest BCUT2D eigenvalue weighted by Crippen LogP contribution is -2.37. The van der Waals surface area contributed by atoms with Gasteiger partial charge >= 0.3 is 0 Å². The molecule has 2 aliphatic heterocycles. The summed E-state index contributed by atoms with van der Waals surface area (Å²) in [6.45, 7) is 10.5. The molecule has 1 amide bonds. The lowest BCUT2D eigenvalue weighted by Gasteiger charge is -2.30. The van der Waals surface area contributed by atoms with Crippen LogP contribution in [0.4, 0.5) is 5.69 Å². The predicted molar refractivity (Wildman–Crippen MR) is 140 cm³/mol. The summed E-state index contributed by atoms with van der Waals surface area (Å²) < 4.78 is 11.5. The molecule has 2 heterocycles. The van der Waals surface area contributed by atoms with Crippen molar-refractivity contribution >= 4 is 41.5 Å². The minimum Gasteiger partial charge on any atom is -0.490 e. The van der Waals surface area contributed by atoms with Gasteiger partial charge in [0.15, 0.2) is 17.5 Å². The summed E-state index contributed by atoms with van der Waals surface area (Å²) >= 11 is 0. The SMILES string of the molecule is CCNC(=O)CN=C(NCCCN1CCC(C)CC1)Nc1ccc2c(c1)OCCCO2.I. The van der Waals surface area contributed by atoms with Gasteiger partial charge in [0.25, 0.3) is 0 Å². The topological polar surface area (TPSA) is 87.2 Å². The quantitative estimate of drug-likeness (QED) is 0.197. The molecule has 0 atom stereocenters. The normalized spacial score (nSPS) is 17.1. The molecule has 1 aromatic rings. The third-order valence-electron chi connectivity index (χ3n) is 5.58. The van der Waals surface area contributed by atoms with Gasteiger partial charge in [-0.05, 0) is 63.9 Å². The molecular formula is C23H38IN5O3. The number of fused-ring (bicyclic) bond motifs is 1. The molecule has 3 rings (SSSR count). The molecule has 0 unspecified atom stereocenters. The number of likely N-dealkylation sites (N-methyl/N-ethyl adjacent to an activating group) is 1. The Bertz CT molecular complexity index is 738. The Morgan fingerprint density at radius 1 is 1.16 bits per heavy atom. The fraction of sp³-hybridized carbons (Fsp3) is 0.652. The van der Waals surface area contributed by atoms with Crippen molar-refractivity contribution < 1.29 is 14.3 Å². The van der Waals surface area contributed by atoms with Gasteiger partial charge in [-0.15, -0.1) is 24.0 Å². The Morgan fingerprint density at radius 3 is 2.66 bits per heavy atom. The fourth-order valence-corrected chi connectivity index (χ4v) is 3.72. The van der Waals surface area contributed by atoms with Crippen molar-refractivity contribution in [1.82, 2.24) is 15.5 Å². The summed E-state index contributed by atoms with van der Waals surface area (Å²) in [4.78, 5) is 18.9. The van der Waals surface area contributed by atoms with E-state index in [1.165, 1.54) is 25.9 Å². The highest BCUT2D eigenvalue weighted by molar-refractivity contribution is 14.0. The molecule has 180 valence electrons. The van der Waals surface area contributed by atoms with E-state index in [2.05, 4.69) is 32.8 Å². The van der Waals surface area contributed by atoms with Gasteiger partial charge in [0.05, 0.1) is 13.2 Å². The number of amides is 1. The highest BCUT2D eigenvalue weighted by Crippen LogP contribution is 2.32. The smallest absolute Gasteiger partial charge is 0.241 e. The fourth-order valence-electron chi connectivity index (χ4n) is 3.72. The third kappa shape index (κ3) is 9.01. The van der Waals surface area contributed by atoms with Crippen LogP contribution in [-0.2, 0) is 4.79 Å². The summed E-state index contributed by atoms with van der Waals surface area (Å²) in [7, 11) is 0. The van der Waals surface area contributed by atoms with E-state index < -0.39 is 0 Å². The number of hydrogen-bond acceptors (Lipinski definition) is 5. The number of nitrogens with one attached hydrogen (secondary N) is 3. The maximum Gasteiger partial charge on any atom is 0.241 e. The summed E-state index contributed by atoms with van der Waals surface area (Å²) in [5.74, 6) is 2.83. The van der Waals surface area contributed by atoms with E-state index in [1.54, 1.807) is 0 Å². The number of aliphatic imine (C=N–C) groups is 1. The van der Waals surface area contributed by atoms with E-state index in [-0.39, 0.29) is 36.4 Å². The van der Waals surface area contributed by atoms with Crippen molar-refractivity contribution in [2.75, 3.05) is 57.8 Å². The van der Waals surface area contributed by atoms with Gasteiger partial charge in [0, 0.05) is 31.3 Å². The molecule has 0 spiro atoms. The van der Waals surface area contributed by atoms with Crippen LogP contribution in [0.1, 0.15) is 39.5 Å². The number of carbonyl (C=O) groups excluding carboxylic acids is 1. The molecule has 3 N–H and O–H groups in total. The Kier molecular flexibility index (Phi) is 11.9. The zero-order chi connectivity index (χ0) is 21.9. The Balaban J connectivity index is 0.00000363. The summed E-state index contributed by atoms with van der Waals surface area (Å²) in [5.41, 5.74) is 0.844. The van der Waals surface area contributed by atoms with Crippen LogP contribution in [0.3, 0.4) is 0 Å².